The molecule has 4 aliphatic carbocycles. The van der Waals surface area contributed by atoms with Crippen LogP contribution >= 0.6 is 0 Å². The molecule has 5 saturated heterocycles. The highest BCUT2D eigenvalue weighted by Crippen LogP contribution is 2.72. The van der Waals surface area contributed by atoms with E-state index in [-0.39, 0.29) is 39.8 Å². The Morgan fingerprint density at radius 1 is 0.562 bits per heavy atom. The molecule has 0 amide bonds. The van der Waals surface area contributed by atoms with Crippen LogP contribution in [-0.2, 0) is 101 Å². The second kappa shape index (κ2) is 26.7. The van der Waals surface area contributed by atoms with Gasteiger partial charge in [0, 0.05) is 13.0 Å². The maximum atomic E-state index is 13.0. The van der Waals surface area contributed by atoms with E-state index in [2.05, 4.69) is 49.1 Å². The van der Waals surface area contributed by atoms with E-state index in [1.54, 1.807) is 6.92 Å². The molecule has 0 aromatic rings. The number of carbonyl (C=O) groups excluding carboxylic acids is 1. The molecular formula is C53H86O33S3. The molecule has 5 aliphatic heterocycles. The number of allylic oxidation sites excluding steroid dienone is 2. The smallest absolute Gasteiger partial charge is 0.388 e. The second-order valence-electron chi connectivity index (χ2n) is 26.3. The molecule has 33 nitrogen and oxygen atoms in total. The molecular weight excluding hydrogens is 1260 g/mol. The molecule has 36 heteroatoms. The number of ketones is 1. The summed E-state index contributed by atoms with van der Waals surface area (Å²) >= 11 is 0. The highest BCUT2D eigenvalue weighted by Gasteiger charge is 2.67. The first-order chi connectivity index (χ1) is 41.2. The van der Waals surface area contributed by atoms with Crippen molar-refractivity contribution in [2.45, 2.75) is 241 Å². The Bertz CT molecular complexity index is 2870. The van der Waals surface area contributed by atoms with Crippen molar-refractivity contribution < 1.29 is 154 Å². The van der Waals surface area contributed by atoms with Crippen LogP contribution in [0, 0.1) is 39.4 Å². The summed E-state index contributed by atoms with van der Waals surface area (Å²) in [6, 6.07) is 0. The van der Waals surface area contributed by atoms with Crippen LogP contribution in [0.2, 0.25) is 0 Å². The van der Waals surface area contributed by atoms with Crippen LogP contribution in [0.15, 0.2) is 11.6 Å². The molecule has 0 unspecified atom stereocenters. The van der Waals surface area contributed by atoms with E-state index in [4.69, 9.17) is 56.3 Å². The van der Waals surface area contributed by atoms with E-state index >= 15 is 0 Å². The van der Waals surface area contributed by atoms with E-state index in [0.29, 0.717) is 12.8 Å². The minimum absolute atomic E-state index is 0.0143. The van der Waals surface area contributed by atoms with Gasteiger partial charge in [-0.05, 0) is 92.3 Å². The van der Waals surface area contributed by atoms with Gasteiger partial charge in [0.1, 0.15) is 110 Å². The van der Waals surface area contributed by atoms with Gasteiger partial charge in [-0.25, -0.2) is 12.5 Å². The molecule has 5 heterocycles. The fraction of sp³-hybridized carbons (Fsp3) is 0.943. The molecule has 89 heavy (non-hydrogen) atoms. The van der Waals surface area contributed by atoms with Gasteiger partial charge in [0.05, 0.1) is 38.6 Å². The number of carbonyl (C=O) groups is 1. The van der Waals surface area contributed by atoms with Gasteiger partial charge in [-0.3, -0.25) is 18.5 Å². The van der Waals surface area contributed by atoms with Crippen molar-refractivity contribution in [1.29, 1.82) is 0 Å². The van der Waals surface area contributed by atoms with Crippen LogP contribution in [0.4, 0.5) is 0 Å². The van der Waals surface area contributed by atoms with E-state index in [9.17, 15) is 89.7 Å². The van der Waals surface area contributed by atoms with Crippen molar-refractivity contribution in [3.05, 3.63) is 11.6 Å². The average molecular weight is 1350 g/mol. The fourth-order valence-electron chi connectivity index (χ4n) is 16.0. The number of aliphatic hydroxyl groups is 9. The summed E-state index contributed by atoms with van der Waals surface area (Å²) in [4.78, 5) is 13.0. The van der Waals surface area contributed by atoms with Gasteiger partial charge < -0.3 is 98.1 Å². The summed E-state index contributed by atoms with van der Waals surface area (Å²) in [6.07, 6.45) is -38.3. The van der Waals surface area contributed by atoms with E-state index in [1.807, 2.05) is 0 Å². The maximum absolute atomic E-state index is 13.0. The highest BCUT2D eigenvalue weighted by atomic mass is 32.3. The van der Waals surface area contributed by atoms with Crippen LogP contribution in [0.25, 0.3) is 0 Å². The van der Waals surface area contributed by atoms with Gasteiger partial charge in [-0.2, -0.15) is 25.3 Å². The molecule has 9 aliphatic rings. The third-order valence-corrected chi connectivity index (χ3v) is 22.2. The lowest BCUT2D eigenvalue weighted by Gasteiger charge is -2.64. The SMILES string of the molecule is CO[C@@H]1[C@@H](O)[C@H](O[C@@H]2[C@@H](O)[C@H](O[C@H]3[C@H](O)[C@@H](O[C@@H]4OC[C@@H](O)[C@H](O)[C@H]4O)[C@H](O[C@H]4[C@H](O[C@H]5CC[C@]6(C)C7=CC[C@]8(C)[C@@H](C(C)=O)CC[C@@]8(C)[C@@H]7CC[C@H]6C5(C)C)OC[C@@H](OS(=O)(=O)O)[C@@H]4O)O[C@@H]3C)O[C@H](COS(=O)(=O)O)[C@H]2O)O[C@H](COS(=O)(=O)O)[C@H]1O. The molecule has 9 rings (SSSR count). The number of methoxy groups -OCH3 is 1. The van der Waals surface area contributed by atoms with Gasteiger partial charge in [-0.15, -0.1) is 0 Å². The number of hydrogen-bond donors (Lipinski definition) is 12. The Morgan fingerprint density at radius 2 is 1.11 bits per heavy atom. The standard InChI is InChI=1S/C53H86O33S3/c1-21(54)23-11-15-53(7)25-9-10-30-50(3,4)31(13-14-51(30,5)24(25)12-16-52(23,53)6)81-48-43(35(59)29(18-75-48)86-89(70,71)72)85-49-44(84-45-36(60)32(56)26(55)17-74-45)37(61)40(22(2)78-49)82-47-39(63)42(34(58)28(80-47)20-77-88(67,68)69)83-46-38(62)41(73-8)33(57)27(79-46)19-76-87(64,65)66/h12,22-23,25-49,55-63H,9-11,13-20H2,1-8H3,(H,64,65,66)(H,67,68,69)(H,70,71,72)/t22-,23-,25-,26-,27-,28-,29-,30+,31+,32+,33-,34-,35+,36-,37+,38-,39-,40-,41+,42+,43-,44-,45+,46+,47+,48+,49+,51-,52-,53+/m1/s1. The zero-order valence-electron chi connectivity index (χ0n) is 50.1. The summed E-state index contributed by atoms with van der Waals surface area (Å²) in [5.74, 6) is 0.409. The Morgan fingerprint density at radius 3 is 1.70 bits per heavy atom. The number of Topliss-reactive ketones (excluding diaryl/α,β-unsaturated/α-hetero) is 1. The third kappa shape index (κ3) is 14.2. The van der Waals surface area contributed by atoms with Crippen molar-refractivity contribution >= 4 is 37.0 Å². The molecule has 3 saturated carbocycles. The summed E-state index contributed by atoms with van der Waals surface area (Å²) < 4.78 is 179. The lowest BCUT2D eigenvalue weighted by Crippen LogP contribution is -2.68. The lowest BCUT2D eigenvalue weighted by atomic mass is 9.41. The Labute approximate surface area is 514 Å². The lowest BCUT2D eigenvalue weighted by molar-refractivity contribution is -0.403. The predicted octanol–water partition coefficient (Wildman–Crippen LogP) is -2.90. The van der Waals surface area contributed by atoms with Crippen molar-refractivity contribution in [2.75, 3.05) is 33.5 Å². The summed E-state index contributed by atoms with van der Waals surface area (Å²) in [5.41, 5.74) is 0.0995. The first-order valence-corrected chi connectivity index (χ1v) is 33.6. The predicted molar refractivity (Wildman–Crippen MR) is 291 cm³/mol. The van der Waals surface area contributed by atoms with E-state index in [0.717, 1.165) is 39.2 Å². The normalized spacial score (nSPS) is 48.8. The van der Waals surface area contributed by atoms with Gasteiger partial charge >= 0.3 is 31.2 Å². The van der Waals surface area contributed by atoms with Gasteiger partial charge in [-0.1, -0.05) is 46.3 Å². The third-order valence-electron chi connectivity index (χ3n) is 20.9. The van der Waals surface area contributed by atoms with Crippen LogP contribution in [0.3, 0.4) is 0 Å². The van der Waals surface area contributed by atoms with Crippen molar-refractivity contribution in [3.63, 3.8) is 0 Å². The van der Waals surface area contributed by atoms with Crippen molar-refractivity contribution in [2.24, 2.45) is 39.4 Å². The minimum atomic E-state index is -5.31. The van der Waals surface area contributed by atoms with Crippen molar-refractivity contribution in [3.8, 4) is 0 Å². The largest absolute Gasteiger partial charge is 0.397 e. The Hall–Kier alpha value is -1.78. The molecule has 514 valence electrons. The molecule has 0 aromatic heterocycles. The Kier molecular flexibility index (Phi) is 21.4. The summed E-state index contributed by atoms with van der Waals surface area (Å²) in [5, 5.41) is 102. The topological polar surface area (TPSA) is 491 Å². The van der Waals surface area contributed by atoms with Crippen LogP contribution in [0.1, 0.15) is 93.4 Å². The number of hydrogen-bond acceptors (Lipinski definition) is 30. The first kappa shape index (κ1) is 71.5. The summed E-state index contributed by atoms with van der Waals surface area (Å²) in [6.45, 7) is 10.2. The molecule has 8 fully saturated rings. The number of fused-ring (bicyclic) bond motifs is 5. The quantitative estimate of drug-likeness (QED) is 0.0331. The molecule has 12 N–H and O–H groups in total. The average Bonchev–Trinajstić information content (AvgIpc) is 1.68. The Balaban J connectivity index is 0.994. The zero-order chi connectivity index (χ0) is 65.6. The molecule has 30 atom stereocenters. The minimum Gasteiger partial charge on any atom is -0.388 e. The monoisotopic (exact) mass is 1350 g/mol. The number of rotatable bonds is 20. The second-order valence-corrected chi connectivity index (χ2v) is 29.5. The highest BCUT2D eigenvalue weighted by molar-refractivity contribution is 7.81. The van der Waals surface area contributed by atoms with Gasteiger partial charge in [0.2, 0.25) is 0 Å². The van der Waals surface area contributed by atoms with Gasteiger partial charge in [0.25, 0.3) is 0 Å². The summed E-state index contributed by atoms with van der Waals surface area (Å²) in [7, 11) is -14.8. The molecule has 0 spiro atoms. The van der Waals surface area contributed by atoms with Crippen LogP contribution < -0.4 is 0 Å². The fourth-order valence-corrected chi connectivity index (χ4v) is 17.1. The molecule has 0 bridgehead atoms. The zero-order valence-corrected chi connectivity index (χ0v) is 52.6. The first-order valence-electron chi connectivity index (χ1n) is 29.5. The maximum Gasteiger partial charge on any atom is 0.397 e. The van der Waals surface area contributed by atoms with Gasteiger partial charge in [0.15, 0.2) is 31.5 Å². The van der Waals surface area contributed by atoms with E-state index in [1.165, 1.54) is 12.5 Å². The number of ether oxygens (including phenoxy) is 11. The molecule has 0 radical (unpaired) electrons. The van der Waals surface area contributed by atoms with E-state index < -0.39 is 210 Å². The van der Waals surface area contributed by atoms with Crippen molar-refractivity contribution in [1.82, 2.24) is 0 Å². The van der Waals surface area contributed by atoms with Crippen LogP contribution in [-0.4, -0.2) is 272 Å². The molecule has 0 aromatic carbocycles. The number of aliphatic hydroxyl groups excluding tert-OH is 9. The van der Waals surface area contributed by atoms with Crippen LogP contribution in [0.5, 0.6) is 0 Å².